The Kier molecular flexibility index (Phi) is 4.17. The van der Waals surface area contributed by atoms with E-state index in [-0.39, 0.29) is 0 Å². The van der Waals surface area contributed by atoms with Gasteiger partial charge >= 0.3 is 0 Å². The monoisotopic (exact) mass is 214 g/mol. The predicted octanol–water partition coefficient (Wildman–Crippen LogP) is 2.39. The van der Waals surface area contributed by atoms with E-state index >= 15 is 0 Å². The minimum Gasteiger partial charge on any atom is -0.360 e. The molecule has 0 bridgehead atoms. The fourth-order valence-corrected chi connectivity index (χ4v) is 2.53. The van der Waals surface area contributed by atoms with Gasteiger partial charge in [0.1, 0.15) is 0 Å². The number of rotatable bonds is 2. The summed E-state index contributed by atoms with van der Waals surface area (Å²) in [5.74, 6) is 0.699. The van der Waals surface area contributed by atoms with E-state index in [9.17, 15) is 0 Å². The fraction of sp³-hybridized carbons (Fsp3) is 0.909. The molecule has 1 atom stereocenters. The lowest BCUT2D eigenvalue weighted by Gasteiger charge is -2.31. The molecule has 0 aromatic rings. The average Bonchev–Trinajstić information content (AvgIpc) is 2.49. The average molecular weight is 214 g/mol. The highest BCUT2D eigenvalue weighted by atomic mass is 32.1. The normalized spacial score (nSPS) is 22.1. The molecule has 1 fully saturated rings. The Hall–Kier alpha value is -0.310. The van der Waals surface area contributed by atoms with E-state index < -0.39 is 0 Å². The lowest BCUT2D eigenvalue weighted by atomic mass is 10.0. The van der Waals surface area contributed by atoms with Gasteiger partial charge in [-0.05, 0) is 44.8 Å². The van der Waals surface area contributed by atoms with E-state index in [1.54, 1.807) is 0 Å². The zero-order valence-corrected chi connectivity index (χ0v) is 10.5. The minimum atomic E-state index is 0.441. The van der Waals surface area contributed by atoms with Crippen LogP contribution in [-0.4, -0.2) is 28.6 Å². The lowest BCUT2D eigenvalue weighted by molar-refractivity contribution is 0.304. The van der Waals surface area contributed by atoms with Crippen LogP contribution in [0.3, 0.4) is 0 Å². The highest BCUT2D eigenvalue weighted by Gasteiger charge is 2.28. The Morgan fingerprint density at radius 2 is 2.00 bits per heavy atom. The second-order valence-electron chi connectivity index (χ2n) is 4.75. The van der Waals surface area contributed by atoms with Gasteiger partial charge in [0, 0.05) is 18.6 Å². The van der Waals surface area contributed by atoms with E-state index in [2.05, 4.69) is 37.9 Å². The quantitative estimate of drug-likeness (QED) is 0.711. The molecule has 0 radical (unpaired) electrons. The van der Waals surface area contributed by atoms with E-state index in [4.69, 9.17) is 12.2 Å². The van der Waals surface area contributed by atoms with Crippen molar-refractivity contribution in [3.8, 4) is 0 Å². The van der Waals surface area contributed by atoms with Crippen molar-refractivity contribution in [2.75, 3.05) is 6.54 Å². The molecule has 1 N–H and O–H groups in total. The van der Waals surface area contributed by atoms with Crippen molar-refractivity contribution in [1.29, 1.82) is 0 Å². The molecule has 2 nitrogen and oxygen atoms in total. The molecule has 3 heteroatoms. The highest BCUT2D eigenvalue weighted by molar-refractivity contribution is 7.80. The summed E-state index contributed by atoms with van der Waals surface area (Å²) in [6.45, 7) is 9.95. The van der Waals surface area contributed by atoms with Crippen LogP contribution < -0.4 is 5.32 Å². The summed E-state index contributed by atoms with van der Waals surface area (Å²) in [4.78, 5) is 2.36. The van der Waals surface area contributed by atoms with Gasteiger partial charge in [-0.15, -0.1) is 0 Å². The summed E-state index contributed by atoms with van der Waals surface area (Å²) in [6.07, 6.45) is 2.57. The molecular formula is C11H22N2S. The Labute approximate surface area is 93.1 Å². The Morgan fingerprint density at radius 3 is 2.50 bits per heavy atom. The third kappa shape index (κ3) is 2.84. The predicted molar refractivity (Wildman–Crippen MR) is 65.4 cm³/mol. The van der Waals surface area contributed by atoms with Crippen LogP contribution in [0.1, 0.15) is 40.5 Å². The summed E-state index contributed by atoms with van der Waals surface area (Å²) < 4.78 is 0. The summed E-state index contributed by atoms with van der Waals surface area (Å²) in [6, 6.07) is 1.09. The first-order valence-corrected chi connectivity index (χ1v) is 6.00. The third-order valence-electron chi connectivity index (χ3n) is 2.74. The molecule has 0 saturated carbocycles. The van der Waals surface area contributed by atoms with E-state index in [1.807, 2.05) is 0 Å². The maximum atomic E-state index is 5.40. The van der Waals surface area contributed by atoms with Crippen molar-refractivity contribution in [3.63, 3.8) is 0 Å². The van der Waals surface area contributed by atoms with Crippen molar-refractivity contribution in [3.05, 3.63) is 0 Å². The smallest absolute Gasteiger partial charge is 0.169 e. The van der Waals surface area contributed by atoms with Crippen LogP contribution in [0.5, 0.6) is 0 Å². The van der Waals surface area contributed by atoms with Crippen LogP contribution >= 0.6 is 12.2 Å². The number of nitrogens with zero attached hydrogens (tertiary/aromatic N) is 1. The molecule has 0 amide bonds. The Balaban J connectivity index is 2.53. The largest absolute Gasteiger partial charge is 0.360 e. The standard InChI is InChI=1S/C11H22N2S/c1-8(2)10-6-5-7-13(10)11(14)12-9(3)4/h8-10H,5-7H2,1-4H3,(H,12,14). The second-order valence-corrected chi connectivity index (χ2v) is 5.14. The van der Waals surface area contributed by atoms with Gasteiger partial charge in [0.2, 0.25) is 0 Å². The highest BCUT2D eigenvalue weighted by Crippen LogP contribution is 2.23. The summed E-state index contributed by atoms with van der Waals surface area (Å²) in [5, 5.41) is 4.27. The number of hydrogen-bond acceptors (Lipinski definition) is 1. The van der Waals surface area contributed by atoms with Gasteiger partial charge in [-0.3, -0.25) is 0 Å². The first-order chi connectivity index (χ1) is 6.52. The Bertz CT molecular complexity index is 201. The van der Waals surface area contributed by atoms with Crippen molar-refractivity contribution in [2.24, 2.45) is 5.92 Å². The van der Waals surface area contributed by atoms with Crippen LogP contribution in [0.4, 0.5) is 0 Å². The van der Waals surface area contributed by atoms with E-state index in [1.165, 1.54) is 12.8 Å². The Morgan fingerprint density at radius 1 is 1.36 bits per heavy atom. The zero-order valence-electron chi connectivity index (χ0n) is 9.71. The second kappa shape index (κ2) is 4.96. The van der Waals surface area contributed by atoms with Crippen LogP contribution in [0, 0.1) is 5.92 Å². The minimum absolute atomic E-state index is 0.441. The molecule has 1 heterocycles. The summed E-state index contributed by atoms with van der Waals surface area (Å²) >= 11 is 5.40. The first kappa shape index (κ1) is 11.8. The van der Waals surface area contributed by atoms with Gasteiger partial charge < -0.3 is 10.2 Å². The molecule has 0 spiro atoms. The molecule has 14 heavy (non-hydrogen) atoms. The molecule has 82 valence electrons. The van der Waals surface area contributed by atoms with Crippen LogP contribution in [0.25, 0.3) is 0 Å². The number of nitrogens with one attached hydrogen (secondary N) is 1. The van der Waals surface area contributed by atoms with Gasteiger partial charge in [0.15, 0.2) is 5.11 Å². The fourth-order valence-electron chi connectivity index (χ4n) is 2.07. The first-order valence-electron chi connectivity index (χ1n) is 5.59. The third-order valence-corrected chi connectivity index (χ3v) is 3.09. The van der Waals surface area contributed by atoms with Gasteiger partial charge in [0.05, 0.1) is 0 Å². The molecule has 0 aromatic carbocycles. The molecule has 0 aliphatic carbocycles. The lowest BCUT2D eigenvalue weighted by Crippen LogP contribution is -2.46. The van der Waals surface area contributed by atoms with Crippen molar-refractivity contribution in [1.82, 2.24) is 10.2 Å². The van der Waals surface area contributed by atoms with Crippen molar-refractivity contribution < 1.29 is 0 Å². The molecule has 1 saturated heterocycles. The molecule has 1 rings (SSSR count). The molecular weight excluding hydrogens is 192 g/mol. The van der Waals surface area contributed by atoms with Crippen molar-refractivity contribution in [2.45, 2.75) is 52.6 Å². The summed E-state index contributed by atoms with van der Waals surface area (Å²) in [5.41, 5.74) is 0. The van der Waals surface area contributed by atoms with Crippen molar-refractivity contribution >= 4 is 17.3 Å². The van der Waals surface area contributed by atoms with Crippen LogP contribution in [0.15, 0.2) is 0 Å². The van der Waals surface area contributed by atoms with E-state index in [0.29, 0.717) is 18.0 Å². The molecule has 1 aliphatic heterocycles. The number of thiocarbonyl (C=S) groups is 1. The van der Waals surface area contributed by atoms with Gasteiger partial charge in [-0.2, -0.15) is 0 Å². The number of likely N-dealkylation sites (tertiary alicyclic amines) is 1. The SMILES string of the molecule is CC(C)NC(=S)N1CCCC1C(C)C. The maximum absolute atomic E-state index is 5.40. The molecule has 0 aromatic heterocycles. The molecule has 1 unspecified atom stereocenters. The van der Waals surface area contributed by atoms with Crippen LogP contribution in [0.2, 0.25) is 0 Å². The van der Waals surface area contributed by atoms with Gasteiger partial charge in [-0.1, -0.05) is 13.8 Å². The van der Waals surface area contributed by atoms with E-state index in [0.717, 1.165) is 11.7 Å². The zero-order chi connectivity index (χ0) is 10.7. The van der Waals surface area contributed by atoms with Gasteiger partial charge in [0.25, 0.3) is 0 Å². The maximum Gasteiger partial charge on any atom is 0.169 e. The molecule has 1 aliphatic rings. The number of hydrogen-bond donors (Lipinski definition) is 1. The topological polar surface area (TPSA) is 15.3 Å². The van der Waals surface area contributed by atoms with Crippen LogP contribution in [-0.2, 0) is 0 Å². The van der Waals surface area contributed by atoms with Gasteiger partial charge in [-0.25, -0.2) is 0 Å². The summed E-state index contributed by atoms with van der Waals surface area (Å²) in [7, 11) is 0.